The number of aryl methyl sites for hydroxylation is 3. The Morgan fingerprint density at radius 2 is 0.662 bits per heavy atom. The van der Waals surface area contributed by atoms with Crippen molar-refractivity contribution in [1.82, 2.24) is 0 Å². The van der Waals surface area contributed by atoms with Gasteiger partial charge in [0.2, 0.25) is 0 Å². The van der Waals surface area contributed by atoms with Crippen LogP contribution in [0.15, 0.2) is 140 Å². The zero-order valence-electron chi connectivity index (χ0n) is 49.0. The van der Waals surface area contributed by atoms with Crippen molar-refractivity contribution in [3.63, 3.8) is 0 Å². The van der Waals surface area contributed by atoms with Gasteiger partial charge in [-0.3, -0.25) is 0 Å². The molecule has 392 valence electrons. The molecule has 7 aromatic rings. The zero-order chi connectivity index (χ0) is 54.7. The van der Waals surface area contributed by atoms with Crippen molar-refractivity contribution in [1.29, 1.82) is 0 Å². The van der Waals surface area contributed by atoms with Gasteiger partial charge in [-0.25, -0.2) is 0 Å². The van der Waals surface area contributed by atoms with Crippen molar-refractivity contribution >= 4 is 37.1 Å². The Kier molecular flexibility index (Phi) is 15.7. The molecule has 0 aliphatic heterocycles. The topological polar surface area (TPSA) is 38.7 Å². The van der Waals surface area contributed by atoms with Crippen LogP contribution < -0.4 is 30.3 Å². The van der Waals surface area contributed by atoms with E-state index < -0.39 is 15.9 Å². The second-order valence-electron chi connectivity index (χ2n) is 27.3. The minimum atomic E-state index is -3.61. The van der Waals surface area contributed by atoms with Gasteiger partial charge in [-0.1, -0.05) is 107 Å². The number of rotatable bonds is 10. The fourth-order valence-electron chi connectivity index (χ4n) is 10.0. The molecule has 0 atom stereocenters. The third kappa shape index (κ3) is 12.1. The maximum absolute atomic E-state index is 13.9. The van der Waals surface area contributed by atoms with Crippen molar-refractivity contribution in [2.75, 3.05) is 0 Å². The van der Waals surface area contributed by atoms with E-state index >= 15 is 0 Å². The predicted molar refractivity (Wildman–Crippen MR) is 327 cm³/mol. The Hall–Kier alpha value is -5.04. The van der Waals surface area contributed by atoms with Crippen molar-refractivity contribution in [2.45, 2.75) is 178 Å². The van der Waals surface area contributed by atoms with Gasteiger partial charge in [0.05, 0.1) is 0 Å². The molecule has 0 aromatic heterocycles. The molecule has 0 unspecified atom stereocenters. The summed E-state index contributed by atoms with van der Waals surface area (Å²) < 4.78 is 14.8. The number of benzene rings is 7. The summed E-state index contributed by atoms with van der Waals surface area (Å²) in [5.74, 6) is 1.78. The molecule has 7 rings (SSSR count). The molecule has 1 N–H and O–H groups in total. The molecule has 7 aromatic carbocycles. The first-order valence-corrected chi connectivity index (χ1v) is 29.9. The first-order chi connectivity index (χ1) is 34.1. The van der Waals surface area contributed by atoms with Gasteiger partial charge >= 0.3 is 298 Å². The number of hydrogen-bond acceptors (Lipinski definition) is 3. The maximum atomic E-state index is 13.9. The normalized spacial score (nSPS) is 13.3. The molecule has 3 nitrogen and oxygen atoms in total. The van der Waals surface area contributed by atoms with Gasteiger partial charge in [0.1, 0.15) is 0 Å². The van der Waals surface area contributed by atoms with Crippen LogP contribution in [-0.4, -0.2) is 4.89 Å². The van der Waals surface area contributed by atoms with Crippen molar-refractivity contribution in [2.24, 2.45) is 0 Å². The van der Waals surface area contributed by atoms with Crippen LogP contribution in [0, 0.1) is 20.8 Å². The van der Waals surface area contributed by atoms with E-state index in [-0.39, 0.29) is 32.5 Å². The van der Waals surface area contributed by atoms with E-state index in [0.717, 1.165) is 71.7 Å². The molecule has 0 radical (unpaired) electrons. The van der Waals surface area contributed by atoms with E-state index in [2.05, 4.69) is 279 Å². The van der Waals surface area contributed by atoms with Crippen molar-refractivity contribution in [3.8, 4) is 33.8 Å². The Bertz CT molecular complexity index is 3020. The molecule has 0 aliphatic rings. The average Bonchev–Trinajstić information content (AvgIpc) is 3.30. The SMILES string of the molecule is Cc1cc(C(C)(C)C)cc(C(C)(C)C)c1OP(Oc1c(C)cc(C(C)(C)C)cc1C(C)(C)C)c1ccc(-c2ccc([PH](O)(c3ccc(-c4ccccc4)cc3)c3c(C)cc(C(C)(C)C)cc3C(C)(C)C)cc2)cc1. The van der Waals surface area contributed by atoms with E-state index in [1.807, 2.05) is 6.07 Å². The molecule has 5 heteroatoms. The molecular formula is C69H88O3P2. The van der Waals surface area contributed by atoms with Crippen LogP contribution in [0.5, 0.6) is 11.5 Å². The summed E-state index contributed by atoms with van der Waals surface area (Å²) in [5, 5.41) is 3.99. The molecule has 0 saturated carbocycles. The summed E-state index contributed by atoms with van der Waals surface area (Å²) in [4.78, 5) is 13.9. The number of hydrogen-bond donors (Lipinski definition) is 1. The summed E-state index contributed by atoms with van der Waals surface area (Å²) >= 11 is 0. The molecule has 0 spiro atoms. The quantitative estimate of drug-likeness (QED) is 0.139. The first kappa shape index (κ1) is 56.7. The van der Waals surface area contributed by atoms with E-state index in [4.69, 9.17) is 9.05 Å². The van der Waals surface area contributed by atoms with E-state index in [0.29, 0.717) is 0 Å². The van der Waals surface area contributed by atoms with Gasteiger partial charge in [0.25, 0.3) is 0 Å². The van der Waals surface area contributed by atoms with Crippen LogP contribution in [-0.2, 0) is 32.5 Å². The summed E-state index contributed by atoms with van der Waals surface area (Å²) in [5.41, 5.74) is 14.6. The van der Waals surface area contributed by atoms with Gasteiger partial charge in [0.15, 0.2) is 0 Å². The van der Waals surface area contributed by atoms with E-state index in [9.17, 15) is 4.89 Å². The average molecular weight is 1030 g/mol. The van der Waals surface area contributed by atoms with Gasteiger partial charge in [-0.2, -0.15) is 0 Å². The third-order valence-corrected chi connectivity index (χ3v) is 19.9. The fraction of sp³-hybridized carbons (Fsp3) is 0.391. The Morgan fingerprint density at radius 1 is 0.351 bits per heavy atom. The molecule has 0 fully saturated rings. The summed E-state index contributed by atoms with van der Waals surface area (Å²) in [6, 6.07) is 50.7. The molecule has 0 heterocycles. The van der Waals surface area contributed by atoms with Crippen LogP contribution in [0.25, 0.3) is 22.3 Å². The molecular weight excluding hydrogens is 939 g/mol. The van der Waals surface area contributed by atoms with Gasteiger partial charge in [-0.15, -0.1) is 0 Å². The van der Waals surface area contributed by atoms with Crippen LogP contribution >= 0.6 is 15.9 Å². The second-order valence-corrected chi connectivity index (χ2v) is 31.7. The molecule has 0 saturated heterocycles. The van der Waals surface area contributed by atoms with Crippen LogP contribution in [0.1, 0.15) is 175 Å². The Morgan fingerprint density at radius 3 is 1.00 bits per heavy atom. The van der Waals surface area contributed by atoms with E-state index in [1.54, 1.807) is 0 Å². The summed E-state index contributed by atoms with van der Waals surface area (Å²) in [6.45, 7) is 47.5. The fourth-order valence-corrected chi connectivity index (χ4v) is 15.2. The molecule has 0 aliphatic carbocycles. The third-order valence-electron chi connectivity index (χ3n) is 14.7. The van der Waals surface area contributed by atoms with Crippen molar-refractivity contribution < 1.29 is 13.9 Å². The monoisotopic (exact) mass is 1030 g/mol. The zero-order valence-corrected chi connectivity index (χ0v) is 50.9. The van der Waals surface area contributed by atoms with Gasteiger partial charge in [0, 0.05) is 0 Å². The Balaban J connectivity index is 1.35. The summed E-state index contributed by atoms with van der Waals surface area (Å²) in [7, 11) is -5.28. The standard InChI is InChI=1S/C69H88O3P2/c1-45-39-52(64(4,5)6)42-58(67(13,14)15)61(45)71-73(72-62-46(2)40-53(65(7,8)9)43-59(62)68(16,17)18)55-33-27-49(28-34-55)51-31-37-57(38-32-51)74(70,56-35-29-50(30-36-56)48-25-23-22-24-26-48)63-47(3)41-54(66(10,11)12)44-60(63)69(19,20)21/h22-44,70,74H,1-21H3. The van der Waals surface area contributed by atoms with Crippen LogP contribution in [0.4, 0.5) is 0 Å². The molecule has 0 bridgehead atoms. The summed E-state index contributed by atoms with van der Waals surface area (Å²) in [6.07, 6.45) is 0. The first-order valence-electron chi connectivity index (χ1n) is 26.8. The Labute approximate surface area is 449 Å². The van der Waals surface area contributed by atoms with Gasteiger partial charge in [-0.05, 0) is 46.6 Å². The van der Waals surface area contributed by atoms with E-state index in [1.165, 1.54) is 33.4 Å². The molecule has 74 heavy (non-hydrogen) atoms. The molecule has 0 amide bonds. The van der Waals surface area contributed by atoms with Crippen molar-refractivity contribution in [3.05, 3.63) is 190 Å². The van der Waals surface area contributed by atoms with Gasteiger partial charge < -0.3 is 0 Å². The van der Waals surface area contributed by atoms with Crippen LogP contribution in [0.3, 0.4) is 0 Å². The second kappa shape index (κ2) is 20.5. The minimum absolute atomic E-state index is 0.0207. The predicted octanol–water partition coefficient (Wildman–Crippen LogP) is 17.8. The van der Waals surface area contributed by atoms with Crippen LogP contribution in [0.2, 0.25) is 0 Å².